The lowest BCUT2D eigenvalue weighted by Crippen LogP contribution is -2.08. The number of aryl methyl sites for hydroxylation is 1. The molecule has 3 N–H and O–H groups in total. The van der Waals surface area contributed by atoms with Gasteiger partial charge in [0.1, 0.15) is 5.69 Å². The average molecular weight is 202 g/mol. The molecule has 3 nitrogen and oxygen atoms in total. The van der Waals surface area contributed by atoms with Crippen molar-refractivity contribution in [1.29, 1.82) is 0 Å². The maximum Gasteiger partial charge on any atom is 0.280 e. The molecular weight excluding hydrogens is 190 g/mol. The van der Waals surface area contributed by atoms with Gasteiger partial charge in [-0.05, 0) is 18.6 Å². The van der Waals surface area contributed by atoms with Crippen molar-refractivity contribution in [2.24, 2.45) is 5.73 Å². The maximum atomic E-state index is 12.5. The van der Waals surface area contributed by atoms with Gasteiger partial charge in [-0.1, -0.05) is 0 Å². The molecule has 0 aromatic carbocycles. The van der Waals surface area contributed by atoms with E-state index in [0.29, 0.717) is 11.3 Å². The van der Waals surface area contributed by atoms with Gasteiger partial charge in [0.2, 0.25) is 0 Å². The van der Waals surface area contributed by atoms with E-state index in [0.717, 1.165) is 0 Å². The molecule has 1 rings (SSSR count). The Hall–Kier alpha value is -1.07. The van der Waals surface area contributed by atoms with E-state index in [9.17, 15) is 8.78 Å². The smallest absolute Gasteiger partial charge is 0.280 e. The molecule has 78 valence electrons. The lowest BCUT2D eigenvalue weighted by atomic mass is 10.1. The van der Waals surface area contributed by atoms with Crippen LogP contribution in [-0.2, 0) is 13.2 Å². The number of nitrogens with zero attached hydrogens (tertiary/aromatic N) is 1. The Balaban J connectivity index is 3.31. The Morgan fingerprint density at radius 1 is 1.57 bits per heavy atom. The van der Waals surface area contributed by atoms with Crippen LogP contribution >= 0.6 is 0 Å². The molecule has 0 aliphatic rings. The molecule has 0 fully saturated rings. The molecule has 0 amide bonds. The van der Waals surface area contributed by atoms with Crippen LogP contribution in [0.4, 0.5) is 8.78 Å². The van der Waals surface area contributed by atoms with Gasteiger partial charge in [-0.2, -0.15) is 0 Å². The molecule has 1 heterocycles. The summed E-state index contributed by atoms with van der Waals surface area (Å²) in [7, 11) is 0. The van der Waals surface area contributed by atoms with Gasteiger partial charge < -0.3 is 10.8 Å². The second-order valence-electron chi connectivity index (χ2n) is 2.95. The third-order valence-corrected chi connectivity index (χ3v) is 1.96. The summed E-state index contributed by atoms with van der Waals surface area (Å²) in [5.41, 5.74) is 6.17. The summed E-state index contributed by atoms with van der Waals surface area (Å²) in [6.07, 6.45) is -2.68. The zero-order valence-corrected chi connectivity index (χ0v) is 7.80. The van der Waals surface area contributed by atoms with Gasteiger partial charge in [0.05, 0.1) is 6.61 Å². The van der Waals surface area contributed by atoms with E-state index in [2.05, 4.69) is 4.98 Å². The van der Waals surface area contributed by atoms with Crippen LogP contribution in [0.3, 0.4) is 0 Å². The highest BCUT2D eigenvalue weighted by Gasteiger charge is 2.17. The fourth-order valence-corrected chi connectivity index (χ4v) is 1.34. The number of halogens is 2. The van der Waals surface area contributed by atoms with E-state index in [4.69, 9.17) is 10.8 Å². The number of hydrogen-bond donors (Lipinski definition) is 2. The summed E-state index contributed by atoms with van der Waals surface area (Å²) in [5, 5.41) is 8.94. The van der Waals surface area contributed by atoms with E-state index in [1.807, 2.05) is 0 Å². The van der Waals surface area contributed by atoms with Gasteiger partial charge in [0.15, 0.2) is 0 Å². The molecule has 0 aliphatic heterocycles. The van der Waals surface area contributed by atoms with Crippen LogP contribution in [-0.4, -0.2) is 10.1 Å². The third kappa shape index (κ3) is 2.05. The summed E-state index contributed by atoms with van der Waals surface area (Å²) in [4.78, 5) is 3.69. The van der Waals surface area contributed by atoms with Crippen molar-refractivity contribution in [2.75, 3.05) is 0 Å². The molecule has 0 saturated heterocycles. The summed E-state index contributed by atoms with van der Waals surface area (Å²) >= 11 is 0. The van der Waals surface area contributed by atoms with E-state index in [1.165, 1.54) is 0 Å². The molecule has 5 heteroatoms. The molecule has 1 aromatic rings. The van der Waals surface area contributed by atoms with Gasteiger partial charge in [-0.15, -0.1) is 0 Å². The average Bonchev–Trinajstić information content (AvgIpc) is 2.16. The van der Waals surface area contributed by atoms with E-state index in [1.54, 1.807) is 13.0 Å². The number of alkyl halides is 2. The summed E-state index contributed by atoms with van der Waals surface area (Å²) in [5.74, 6) is 0. The largest absolute Gasteiger partial charge is 0.392 e. The number of pyridine rings is 1. The number of aromatic nitrogens is 1. The lowest BCUT2D eigenvalue weighted by Gasteiger charge is -2.11. The number of rotatable bonds is 3. The molecule has 0 bridgehead atoms. The zero-order valence-electron chi connectivity index (χ0n) is 7.80. The van der Waals surface area contributed by atoms with Gasteiger partial charge >= 0.3 is 0 Å². The Bertz CT molecular complexity index is 329. The maximum absolute atomic E-state index is 12.5. The standard InChI is InChI=1S/C9H12F2N2O/c1-5-2-6(3-12)7(4-14)8(13-5)9(10)11/h2,9,14H,3-4,12H2,1H3. The molecule has 0 radical (unpaired) electrons. The highest BCUT2D eigenvalue weighted by atomic mass is 19.3. The summed E-state index contributed by atoms with van der Waals surface area (Å²) < 4.78 is 25.0. The first-order valence-electron chi connectivity index (χ1n) is 4.18. The SMILES string of the molecule is Cc1cc(CN)c(CO)c(C(F)F)n1. The number of aliphatic hydroxyl groups excluding tert-OH is 1. The van der Waals surface area contributed by atoms with Crippen molar-refractivity contribution in [3.05, 3.63) is 28.6 Å². The molecule has 0 unspecified atom stereocenters. The van der Waals surface area contributed by atoms with Gasteiger partial charge in [0, 0.05) is 17.8 Å². The van der Waals surface area contributed by atoms with Crippen molar-refractivity contribution in [1.82, 2.24) is 4.98 Å². The van der Waals surface area contributed by atoms with Crippen LogP contribution in [0.5, 0.6) is 0 Å². The van der Waals surface area contributed by atoms with E-state index >= 15 is 0 Å². The molecule has 0 atom stereocenters. The monoisotopic (exact) mass is 202 g/mol. The van der Waals surface area contributed by atoms with Crippen LogP contribution in [0.15, 0.2) is 6.07 Å². The van der Waals surface area contributed by atoms with Crippen LogP contribution in [0.2, 0.25) is 0 Å². The van der Waals surface area contributed by atoms with Gasteiger partial charge in [0.25, 0.3) is 6.43 Å². The molecule has 1 aromatic heterocycles. The summed E-state index contributed by atoms with van der Waals surface area (Å²) in [6, 6.07) is 1.61. The minimum absolute atomic E-state index is 0.124. The Morgan fingerprint density at radius 3 is 2.64 bits per heavy atom. The Labute approximate surface area is 80.6 Å². The Kier molecular flexibility index (Phi) is 3.49. The van der Waals surface area contributed by atoms with Crippen LogP contribution in [0.1, 0.15) is 28.9 Å². The Morgan fingerprint density at radius 2 is 2.21 bits per heavy atom. The number of nitrogens with two attached hydrogens (primary N) is 1. The molecule has 14 heavy (non-hydrogen) atoms. The molecule has 0 spiro atoms. The molecule has 0 aliphatic carbocycles. The molecular formula is C9H12F2N2O. The minimum Gasteiger partial charge on any atom is -0.392 e. The predicted octanol–water partition coefficient (Wildman–Crippen LogP) is 1.28. The fourth-order valence-electron chi connectivity index (χ4n) is 1.34. The van der Waals surface area contributed by atoms with Gasteiger partial charge in [-0.25, -0.2) is 8.78 Å². The summed E-state index contributed by atoms with van der Waals surface area (Å²) in [6.45, 7) is 1.28. The second kappa shape index (κ2) is 4.43. The highest BCUT2D eigenvalue weighted by molar-refractivity contribution is 5.32. The third-order valence-electron chi connectivity index (χ3n) is 1.96. The quantitative estimate of drug-likeness (QED) is 0.776. The first-order chi connectivity index (χ1) is 6.60. The van der Waals surface area contributed by atoms with Crippen LogP contribution in [0.25, 0.3) is 0 Å². The van der Waals surface area contributed by atoms with Crippen LogP contribution < -0.4 is 5.73 Å². The second-order valence-corrected chi connectivity index (χ2v) is 2.95. The first-order valence-corrected chi connectivity index (χ1v) is 4.18. The number of hydrogen-bond acceptors (Lipinski definition) is 3. The predicted molar refractivity (Wildman–Crippen MR) is 47.7 cm³/mol. The van der Waals surface area contributed by atoms with Crippen molar-refractivity contribution in [3.8, 4) is 0 Å². The van der Waals surface area contributed by atoms with Crippen LogP contribution in [0, 0.1) is 6.92 Å². The van der Waals surface area contributed by atoms with Crippen molar-refractivity contribution in [3.63, 3.8) is 0 Å². The molecule has 0 saturated carbocycles. The minimum atomic E-state index is -2.68. The lowest BCUT2D eigenvalue weighted by molar-refractivity contribution is 0.141. The van der Waals surface area contributed by atoms with Crippen molar-refractivity contribution < 1.29 is 13.9 Å². The zero-order chi connectivity index (χ0) is 10.7. The first kappa shape index (κ1) is 11.0. The fraction of sp³-hybridized carbons (Fsp3) is 0.444. The normalized spacial score (nSPS) is 11.0. The van der Waals surface area contributed by atoms with Crippen molar-refractivity contribution >= 4 is 0 Å². The van der Waals surface area contributed by atoms with E-state index in [-0.39, 0.29) is 17.8 Å². The topological polar surface area (TPSA) is 59.1 Å². The van der Waals surface area contributed by atoms with Crippen molar-refractivity contribution in [2.45, 2.75) is 26.5 Å². The van der Waals surface area contributed by atoms with E-state index < -0.39 is 13.0 Å². The van der Waals surface area contributed by atoms with Gasteiger partial charge in [-0.3, -0.25) is 4.98 Å². The highest BCUT2D eigenvalue weighted by Crippen LogP contribution is 2.24. The number of aliphatic hydroxyl groups is 1.